The molecular formula is C18H10N2O. The van der Waals surface area contributed by atoms with Gasteiger partial charge in [-0.05, 0) is 24.1 Å². The Labute approximate surface area is 123 Å². The first-order chi connectivity index (χ1) is 10.2. The van der Waals surface area contributed by atoms with Gasteiger partial charge in [0.15, 0.2) is 5.78 Å². The fourth-order valence-corrected chi connectivity index (χ4v) is 2.38. The number of rotatable bonds is 0. The van der Waals surface area contributed by atoms with Crippen molar-refractivity contribution in [2.24, 2.45) is 0 Å². The molecule has 0 fully saturated rings. The van der Waals surface area contributed by atoms with Gasteiger partial charge in [-0.1, -0.05) is 36.3 Å². The number of carbonyl (C=O) groups is 1. The van der Waals surface area contributed by atoms with Crippen LogP contribution in [-0.2, 0) is 0 Å². The van der Waals surface area contributed by atoms with E-state index in [0.717, 1.165) is 0 Å². The molecule has 98 valence electrons. The second kappa shape index (κ2) is 5.74. The highest BCUT2D eigenvalue weighted by atomic mass is 16.1. The summed E-state index contributed by atoms with van der Waals surface area (Å²) in [6.07, 6.45) is 8.36. The number of terminal acetylenes is 1. The van der Waals surface area contributed by atoms with Gasteiger partial charge in [-0.15, -0.1) is 6.42 Å². The molecule has 1 aliphatic carbocycles. The molecule has 2 rings (SSSR count). The molecule has 0 aliphatic heterocycles. The highest BCUT2D eigenvalue weighted by Gasteiger charge is 2.30. The van der Waals surface area contributed by atoms with Crippen molar-refractivity contribution >= 4 is 11.4 Å². The highest BCUT2D eigenvalue weighted by Crippen LogP contribution is 2.39. The SMILES string of the molecule is C#C/C=C1/C(=O)c2ccccc2C(=C(C#N)C#N)/C1=C/C. The summed E-state index contributed by atoms with van der Waals surface area (Å²) in [6, 6.07) is 10.7. The maximum Gasteiger partial charge on any atom is 0.194 e. The molecule has 3 heteroatoms. The van der Waals surface area contributed by atoms with Crippen molar-refractivity contribution in [3.8, 4) is 24.5 Å². The summed E-state index contributed by atoms with van der Waals surface area (Å²) < 4.78 is 0. The quantitative estimate of drug-likeness (QED) is 0.413. The van der Waals surface area contributed by atoms with Crippen molar-refractivity contribution < 1.29 is 4.79 Å². The number of nitrogens with zero attached hydrogens (tertiary/aromatic N) is 2. The first kappa shape index (κ1) is 14.1. The number of hydrogen-bond donors (Lipinski definition) is 0. The molecule has 1 aromatic rings. The van der Waals surface area contributed by atoms with Crippen LogP contribution >= 0.6 is 0 Å². The minimum Gasteiger partial charge on any atom is -0.289 e. The standard InChI is InChI=1S/C18H10N2O/c1-3-7-15-13(4-2)17(12(10-19)11-20)14-8-5-6-9-16(14)18(15)21/h1,4-9H,2H3/b13-4+,15-7+. The summed E-state index contributed by atoms with van der Waals surface area (Å²) in [5, 5.41) is 18.4. The summed E-state index contributed by atoms with van der Waals surface area (Å²) in [6.45, 7) is 1.74. The van der Waals surface area contributed by atoms with E-state index in [1.165, 1.54) is 6.08 Å². The van der Waals surface area contributed by atoms with Gasteiger partial charge in [-0.2, -0.15) is 10.5 Å². The van der Waals surface area contributed by atoms with Crippen LogP contribution in [0, 0.1) is 35.0 Å². The van der Waals surface area contributed by atoms with E-state index in [9.17, 15) is 15.3 Å². The van der Waals surface area contributed by atoms with Gasteiger partial charge in [0.1, 0.15) is 17.7 Å². The summed E-state index contributed by atoms with van der Waals surface area (Å²) in [4.78, 5) is 12.5. The molecule has 1 aromatic carbocycles. The normalized spacial score (nSPS) is 16.9. The summed E-state index contributed by atoms with van der Waals surface area (Å²) >= 11 is 0. The van der Waals surface area contributed by atoms with E-state index in [1.807, 2.05) is 12.1 Å². The lowest BCUT2D eigenvalue weighted by atomic mass is 9.77. The largest absolute Gasteiger partial charge is 0.289 e. The topological polar surface area (TPSA) is 64.7 Å². The van der Waals surface area contributed by atoms with Gasteiger partial charge in [0.2, 0.25) is 0 Å². The molecule has 0 unspecified atom stereocenters. The Hall–Kier alpha value is -3.35. The lowest BCUT2D eigenvalue weighted by Crippen LogP contribution is -2.17. The van der Waals surface area contributed by atoms with Crippen LogP contribution in [0.15, 0.2) is 53.1 Å². The van der Waals surface area contributed by atoms with Crippen molar-refractivity contribution in [3.63, 3.8) is 0 Å². The second-order valence-electron chi connectivity index (χ2n) is 4.28. The number of ketones is 1. The number of carbonyl (C=O) groups excluding carboxylic acids is 1. The van der Waals surface area contributed by atoms with Gasteiger partial charge in [-0.3, -0.25) is 4.79 Å². The molecule has 21 heavy (non-hydrogen) atoms. The van der Waals surface area contributed by atoms with Crippen LogP contribution < -0.4 is 0 Å². The first-order valence-corrected chi connectivity index (χ1v) is 6.21. The third-order valence-electron chi connectivity index (χ3n) is 3.24. The minimum absolute atomic E-state index is 0.0361. The summed E-state index contributed by atoms with van der Waals surface area (Å²) in [5.41, 5.74) is 2.31. The number of nitriles is 2. The molecule has 0 N–H and O–H groups in total. The molecule has 0 amide bonds. The number of benzene rings is 1. The first-order valence-electron chi connectivity index (χ1n) is 6.21. The van der Waals surface area contributed by atoms with E-state index in [1.54, 1.807) is 37.3 Å². The number of allylic oxidation sites excluding steroid dienone is 6. The zero-order valence-electron chi connectivity index (χ0n) is 11.3. The third kappa shape index (κ3) is 2.16. The lowest BCUT2D eigenvalue weighted by Gasteiger charge is -2.23. The second-order valence-corrected chi connectivity index (χ2v) is 4.28. The van der Waals surface area contributed by atoms with Gasteiger partial charge in [-0.25, -0.2) is 0 Å². The Morgan fingerprint density at radius 2 is 1.76 bits per heavy atom. The van der Waals surface area contributed by atoms with Crippen LogP contribution in [-0.4, -0.2) is 5.78 Å². The molecule has 0 saturated heterocycles. The van der Waals surface area contributed by atoms with E-state index >= 15 is 0 Å². The Kier molecular flexibility index (Phi) is 3.85. The molecule has 0 aromatic heterocycles. The van der Waals surface area contributed by atoms with Gasteiger partial charge < -0.3 is 0 Å². The molecule has 0 heterocycles. The Bertz CT molecular complexity index is 830. The number of fused-ring (bicyclic) bond motifs is 1. The third-order valence-corrected chi connectivity index (χ3v) is 3.24. The van der Waals surface area contributed by atoms with Crippen LogP contribution in [0.2, 0.25) is 0 Å². The van der Waals surface area contributed by atoms with E-state index in [2.05, 4.69) is 5.92 Å². The number of Topliss-reactive ketones (excluding diaryl/α,β-unsaturated/α-hetero) is 1. The fraction of sp³-hybridized carbons (Fsp3) is 0.0556. The highest BCUT2D eigenvalue weighted by molar-refractivity contribution is 6.22. The maximum atomic E-state index is 12.5. The molecule has 1 aliphatic rings. The van der Waals surface area contributed by atoms with Gasteiger partial charge in [0.25, 0.3) is 0 Å². The van der Waals surface area contributed by atoms with Crippen molar-refractivity contribution in [1.29, 1.82) is 10.5 Å². The van der Waals surface area contributed by atoms with Crippen molar-refractivity contribution in [2.75, 3.05) is 0 Å². The fourth-order valence-electron chi connectivity index (χ4n) is 2.38. The van der Waals surface area contributed by atoms with Crippen molar-refractivity contribution in [3.05, 3.63) is 64.3 Å². The summed E-state index contributed by atoms with van der Waals surface area (Å²) in [7, 11) is 0. The minimum atomic E-state index is -0.198. The van der Waals surface area contributed by atoms with Crippen LogP contribution in [0.3, 0.4) is 0 Å². The van der Waals surface area contributed by atoms with Crippen molar-refractivity contribution in [1.82, 2.24) is 0 Å². The Morgan fingerprint density at radius 1 is 1.14 bits per heavy atom. The predicted octanol–water partition coefficient (Wildman–Crippen LogP) is 3.19. The van der Waals surface area contributed by atoms with Crippen molar-refractivity contribution in [2.45, 2.75) is 6.92 Å². The molecular weight excluding hydrogens is 260 g/mol. The van der Waals surface area contributed by atoms with Crippen LogP contribution in [0.1, 0.15) is 22.8 Å². The molecule has 0 saturated carbocycles. The van der Waals surface area contributed by atoms with Gasteiger partial charge in [0, 0.05) is 16.7 Å². The number of hydrogen-bond acceptors (Lipinski definition) is 3. The monoisotopic (exact) mass is 270 g/mol. The average Bonchev–Trinajstić information content (AvgIpc) is 2.52. The van der Waals surface area contributed by atoms with Gasteiger partial charge >= 0.3 is 0 Å². The van der Waals surface area contributed by atoms with Gasteiger partial charge in [0.05, 0.1) is 0 Å². The zero-order valence-corrected chi connectivity index (χ0v) is 11.3. The predicted molar refractivity (Wildman–Crippen MR) is 79.6 cm³/mol. The molecule has 3 nitrogen and oxygen atoms in total. The van der Waals surface area contributed by atoms with E-state index in [4.69, 9.17) is 6.42 Å². The van der Waals surface area contributed by atoms with E-state index in [-0.39, 0.29) is 11.4 Å². The molecule has 0 spiro atoms. The Morgan fingerprint density at radius 3 is 2.29 bits per heavy atom. The molecule has 0 radical (unpaired) electrons. The zero-order chi connectivity index (χ0) is 15.4. The lowest BCUT2D eigenvalue weighted by molar-refractivity contribution is 0.103. The van der Waals surface area contributed by atoms with Crippen LogP contribution in [0.5, 0.6) is 0 Å². The van der Waals surface area contributed by atoms with Crippen LogP contribution in [0.4, 0.5) is 0 Å². The smallest absolute Gasteiger partial charge is 0.194 e. The molecule has 0 bridgehead atoms. The molecule has 0 atom stereocenters. The van der Waals surface area contributed by atoms with E-state index < -0.39 is 0 Å². The van der Waals surface area contributed by atoms with Crippen LogP contribution in [0.25, 0.3) is 5.57 Å². The Balaban J connectivity index is 2.98. The maximum absolute atomic E-state index is 12.5. The van der Waals surface area contributed by atoms with E-state index in [0.29, 0.717) is 27.8 Å². The average molecular weight is 270 g/mol. The summed E-state index contributed by atoms with van der Waals surface area (Å²) in [5.74, 6) is 2.15.